The third-order valence-electron chi connectivity index (χ3n) is 6.54. The molecule has 1 N–H and O–H groups in total. The van der Waals surface area contributed by atoms with E-state index >= 15 is 0 Å². The lowest BCUT2D eigenvalue weighted by molar-refractivity contribution is -0.192. The average Bonchev–Trinajstić information content (AvgIpc) is 3.42. The van der Waals surface area contributed by atoms with Crippen LogP contribution in [0.2, 0.25) is 0 Å². The molecule has 1 aromatic rings. The van der Waals surface area contributed by atoms with Crippen molar-refractivity contribution in [3.05, 3.63) is 18.0 Å². The fourth-order valence-electron chi connectivity index (χ4n) is 4.60. The summed E-state index contributed by atoms with van der Waals surface area (Å²) in [6.07, 6.45) is 5.48. The number of aryl methyl sites for hydroxylation is 1. The van der Waals surface area contributed by atoms with Gasteiger partial charge in [0.25, 0.3) is 5.91 Å². The van der Waals surface area contributed by atoms with Crippen molar-refractivity contribution >= 4 is 11.9 Å². The number of piperidine rings is 1. The van der Waals surface area contributed by atoms with E-state index in [0.717, 1.165) is 65.0 Å². The number of rotatable bonds is 3. The van der Waals surface area contributed by atoms with E-state index in [9.17, 15) is 18.0 Å². The maximum absolute atomic E-state index is 12.5. The average molecular weight is 460 g/mol. The van der Waals surface area contributed by atoms with Crippen LogP contribution >= 0.6 is 0 Å². The lowest BCUT2D eigenvalue weighted by Crippen LogP contribution is -2.49. The van der Waals surface area contributed by atoms with Gasteiger partial charge in [0, 0.05) is 38.4 Å². The highest BCUT2D eigenvalue weighted by molar-refractivity contribution is 5.81. The van der Waals surface area contributed by atoms with Crippen molar-refractivity contribution in [1.82, 2.24) is 19.6 Å². The molecule has 3 fully saturated rings. The smallest absolute Gasteiger partial charge is 0.475 e. The summed E-state index contributed by atoms with van der Waals surface area (Å²) in [6, 6.07) is 0. The van der Waals surface area contributed by atoms with Gasteiger partial charge in [-0.25, -0.2) is 4.79 Å². The Kier molecular flexibility index (Phi) is 7.81. The predicted molar refractivity (Wildman–Crippen MR) is 109 cm³/mol. The van der Waals surface area contributed by atoms with Crippen molar-refractivity contribution in [3.8, 4) is 0 Å². The van der Waals surface area contributed by atoms with Gasteiger partial charge in [0.2, 0.25) is 0 Å². The third kappa shape index (κ3) is 6.44. The Morgan fingerprint density at radius 1 is 1.19 bits per heavy atom. The quantitative estimate of drug-likeness (QED) is 0.746. The number of ether oxygens (including phenoxy) is 1. The molecule has 0 saturated carbocycles. The molecule has 1 unspecified atom stereocenters. The van der Waals surface area contributed by atoms with Crippen molar-refractivity contribution in [2.75, 3.05) is 32.8 Å². The van der Waals surface area contributed by atoms with Crippen LogP contribution in [0.4, 0.5) is 13.2 Å². The van der Waals surface area contributed by atoms with Gasteiger partial charge in [-0.05, 0) is 57.0 Å². The molecule has 1 amide bonds. The molecular weight excluding hydrogens is 429 g/mol. The first-order valence-corrected chi connectivity index (χ1v) is 11.0. The van der Waals surface area contributed by atoms with E-state index in [1.807, 2.05) is 22.8 Å². The Balaban J connectivity index is 0.000000360. The fourth-order valence-corrected chi connectivity index (χ4v) is 4.60. The lowest BCUT2D eigenvalue weighted by atomic mass is 9.73. The standard InChI is InChI=1S/C19H30N4O2.C2HF3O2/c1-21-13-16(12-20-21)14-22-10-6-19(7-11-22)5-4-17(25-15-19)18(24)23-8-2-3-9-23;3-2(4,5)1(6)7/h12-13,17H,2-11,14-15H2,1H3;(H,6,7). The topological polar surface area (TPSA) is 87.9 Å². The monoisotopic (exact) mass is 460 g/mol. The minimum absolute atomic E-state index is 0.183. The van der Waals surface area contributed by atoms with Gasteiger partial charge in [-0.3, -0.25) is 14.4 Å². The number of likely N-dealkylation sites (tertiary alicyclic amines) is 2. The number of nitrogens with zero attached hydrogens (tertiary/aromatic N) is 4. The number of aromatic nitrogens is 2. The molecule has 11 heteroatoms. The van der Waals surface area contributed by atoms with Crippen LogP contribution in [-0.4, -0.2) is 81.6 Å². The van der Waals surface area contributed by atoms with Gasteiger partial charge in [-0.2, -0.15) is 18.3 Å². The number of aliphatic carboxylic acids is 1. The van der Waals surface area contributed by atoms with Crippen molar-refractivity contribution in [3.63, 3.8) is 0 Å². The van der Waals surface area contributed by atoms with Gasteiger partial charge in [-0.1, -0.05) is 0 Å². The highest BCUT2D eigenvalue weighted by Crippen LogP contribution is 2.41. The summed E-state index contributed by atoms with van der Waals surface area (Å²) in [6.45, 7) is 5.82. The summed E-state index contributed by atoms with van der Waals surface area (Å²) >= 11 is 0. The number of alkyl halides is 3. The number of carbonyl (C=O) groups is 2. The van der Waals surface area contributed by atoms with E-state index < -0.39 is 12.1 Å². The van der Waals surface area contributed by atoms with Crippen LogP contribution in [0.25, 0.3) is 0 Å². The van der Waals surface area contributed by atoms with Crippen LogP contribution in [-0.2, 0) is 27.9 Å². The summed E-state index contributed by atoms with van der Waals surface area (Å²) in [5.74, 6) is -2.52. The number of amides is 1. The molecule has 4 rings (SSSR count). The zero-order chi connectivity index (χ0) is 23.4. The summed E-state index contributed by atoms with van der Waals surface area (Å²) < 4.78 is 39.7. The second-order valence-corrected chi connectivity index (χ2v) is 8.97. The maximum Gasteiger partial charge on any atom is 0.490 e. The molecule has 0 bridgehead atoms. The summed E-state index contributed by atoms with van der Waals surface area (Å²) in [7, 11) is 1.97. The number of carbonyl (C=O) groups excluding carboxylic acids is 1. The Morgan fingerprint density at radius 3 is 2.28 bits per heavy atom. The Hall–Kier alpha value is -2.14. The largest absolute Gasteiger partial charge is 0.490 e. The van der Waals surface area contributed by atoms with Gasteiger partial charge < -0.3 is 14.7 Å². The van der Waals surface area contributed by atoms with E-state index in [1.54, 1.807) is 0 Å². The molecule has 0 radical (unpaired) electrons. The molecule has 8 nitrogen and oxygen atoms in total. The molecule has 0 aromatic carbocycles. The van der Waals surface area contributed by atoms with Gasteiger partial charge in [0.15, 0.2) is 0 Å². The van der Waals surface area contributed by atoms with E-state index in [1.165, 1.54) is 18.4 Å². The maximum atomic E-state index is 12.5. The number of carboxylic acid groups (broad SMARTS) is 1. The SMILES string of the molecule is Cn1cc(CN2CCC3(CCC(C(=O)N4CCCC4)OC3)CC2)cn1.O=C(O)C(F)(F)F. The zero-order valence-electron chi connectivity index (χ0n) is 18.3. The van der Waals surface area contributed by atoms with E-state index in [-0.39, 0.29) is 12.0 Å². The molecule has 1 aromatic heterocycles. The molecule has 3 aliphatic heterocycles. The van der Waals surface area contributed by atoms with Crippen molar-refractivity contribution in [1.29, 1.82) is 0 Å². The van der Waals surface area contributed by atoms with Crippen LogP contribution in [0, 0.1) is 5.41 Å². The molecule has 32 heavy (non-hydrogen) atoms. The van der Waals surface area contributed by atoms with Crippen LogP contribution in [0.1, 0.15) is 44.1 Å². The van der Waals surface area contributed by atoms with Crippen molar-refractivity contribution in [2.45, 2.75) is 57.3 Å². The number of halogens is 3. The van der Waals surface area contributed by atoms with Gasteiger partial charge >= 0.3 is 12.1 Å². The predicted octanol–water partition coefficient (Wildman–Crippen LogP) is 2.44. The van der Waals surface area contributed by atoms with Crippen LogP contribution in [0.5, 0.6) is 0 Å². The molecule has 4 heterocycles. The molecular formula is C21H31F3N4O4. The minimum Gasteiger partial charge on any atom is -0.475 e. The van der Waals surface area contributed by atoms with E-state index in [4.69, 9.17) is 14.6 Å². The van der Waals surface area contributed by atoms with Gasteiger partial charge in [0.05, 0.1) is 12.8 Å². The molecule has 1 atom stereocenters. The summed E-state index contributed by atoms with van der Waals surface area (Å²) in [5, 5.41) is 11.4. The van der Waals surface area contributed by atoms with E-state index in [0.29, 0.717) is 5.41 Å². The van der Waals surface area contributed by atoms with Crippen molar-refractivity contribution in [2.24, 2.45) is 12.5 Å². The first kappa shape index (κ1) is 24.5. The number of hydrogen-bond donors (Lipinski definition) is 1. The van der Waals surface area contributed by atoms with Crippen LogP contribution in [0.3, 0.4) is 0 Å². The molecule has 0 aliphatic carbocycles. The summed E-state index contributed by atoms with van der Waals surface area (Å²) in [4.78, 5) is 25.9. The highest BCUT2D eigenvalue weighted by Gasteiger charge is 2.41. The van der Waals surface area contributed by atoms with Gasteiger partial charge in [0.1, 0.15) is 6.10 Å². The Morgan fingerprint density at radius 2 is 1.81 bits per heavy atom. The first-order valence-electron chi connectivity index (χ1n) is 11.0. The summed E-state index contributed by atoms with van der Waals surface area (Å²) in [5.41, 5.74) is 1.59. The second-order valence-electron chi connectivity index (χ2n) is 8.97. The molecule has 180 valence electrons. The van der Waals surface area contributed by atoms with E-state index in [2.05, 4.69) is 16.2 Å². The lowest BCUT2D eigenvalue weighted by Gasteiger charge is -2.45. The van der Waals surface area contributed by atoms with Crippen LogP contribution < -0.4 is 0 Å². The Labute approximate surface area is 185 Å². The van der Waals surface area contributed by atoms with Gasteiger partial charge in [-0.15, -0.1) is 0 Å². The second kappa shape index (κ2) is 10.2. The molecule has 3 saturated heterocycles. The first-order chi connectivity index (χ1) is 15.1. The number of carboxylic acids is 1. The molecule has 1 spiro atoms. The minimum atomic E-state index is -5.08. The number of hydrogen-bond acceptors (Lipinski definition) is 5. The third-order valence-corrected chi connectivity index (χ3v) is 6.54. The normalized spacial score (nSPS) is 23.6. The fraction of sp³-hybridized carbons (Fsp3) is 0.762. The molecule has 3 aliphatic rings. The highest BCUT2D eigenvalue weighted by atomic mass is 19.4. The Bertz CT molecular complexity index is 774. The zero-order valence-corrected chi connectivity index (χ0v) is 18.3. The van der Waals surface area contributed by atoms with Crippen molar-refractivity contribution < 1.29 is 32.6 Å². The van der Waals surface area contributed by atoms with Crippen LogP contribution in [0.15, 0.2) is 12.4 Å².